The fraction of sp³-hybridized carbons (Fsp3) is 0.235. The van der Waals surface area contributed by atoms with E-state index in [1.54, 1.807) is 0 Å². The summed E-state index contributed by atoms with van der Waals surface area (Å²) in [5.74, 6) is 0. The molecule has 0 aromatic heterocycles. The molecule has 19 heavy (non-hydrogen) atoms. The highest BCUT2D eigenvalue weighted by Gasteiger charge is 2.40. The van der Waals surface area contributed by atoms with Crippen LogP contribution in [0.3, 0.4) is 0 Å². The molecule has 0 radical (unpaired) electrons. The molecule has 0 bridgehead atoms. The first kappa shape index (κ1) is 12.0. The van der Waals surface area contributed by atoms with E-state index in [1.807, 2.05) is 12.1 Å². The van der Waals surface area contributed by atoms with Crippen LogP contribution in [0.2, 0.25) is 0 Å². The van der Waals surface area contributed by atoms with Gasteiger partial charge in [-0.05, 0) is 24.0 Å². The standard InChI is InChI=1S/C17H17NO/c19-18-16-11-12-17(13-16,14-7-3-1-4-8-14)15-9-5-2-6-10-15/h1-10,19H,11-13H2/b18-16+. The SMILES string of the molecule is O/N=C1\CCC(c2ccccc2)(c2ccccc2)C1. The molecule has 1 fully saturated rings. The van der Waals surface area contributed by atoms with Gasteiger partial charge in [-0.3, -0.25) is 0 Å². The topological polar surface area (TPSA) is 32.6 Å². The highest BCUT2D eigenvalue weighted by molar-refractivity contribution is 5.88. The molecule has 1 aliphatic rings. The van der Waals surface area contributed by atoms with E-state index in [9.17, 15) is 0 Å². The van der Waals surface area contributed by atoms with Gasteiger partial charge in [0, 0.05) is 11.8 Å². The lowest BCUT2D eigenvalue weighted by Gasteiger charge is -2.30. The number of rotatable bonds is 2. The number of benzene rings is 2. The molecule has 0 heterocycles. The molecule has 3 rings (SSSR count). The van der Waals surface area contributed by atoms with Crippen LogP contribution in [0.1, 0.15) is 30.4 Å². The zero-order valence-corrected chi connectivity index (χ0v) is 10.8. The molecular weight excluding hydrogens is 234 g/mol. The Hall–Kier alpha value is -2.09. The Balaban J connectivity index is 2.13. The first-order chi connectivity index (χ1) is 9.35. The molecule has 96 valence electrons. The van der Waals surface area contributed by atoms with Gasteiger partial charge >= 0.3 is 0 Å². The lowest BCUT2D eigenvalue weighted by atomic mass is 9.73. The van der Waals surface area contributed by atoms with Crippen LogP contribution >= 0.6 is 0 Å². The summed E-state index contributed by atoms with van der Waals surface area (Å²) in [7, 11) is 0. The van der Waals surface area contributed by atoms with Crippen LogP contribution in [0.25, 0.3) is 0 Å². The number of nitrogens with zero attached hydrogens (tertiary/aromatic N) is 1. The number of hydrogen-bond donors (Lipinski definition) is 1. The van der Waals surface area contributed by atoms with Crippen molar-refractivity contribution in [3.05, 3.63) is 71.8 Å². The van der Waals surface area contributed by atoms with Crippen molar-refractivity contribution in [2.24, 2.45) is 5.16 Å². The van der Waals surface area contributed by atoms with E-state index in [0.717, 1.165) is 25.0 Å². The molecule has 0 saturated heterocycles. The highest BCUT2D eigenvalue weighted by atomic mass is 16.4. The Bertz CT molecular complexity index is 535. The van der Waals surface area contributed by atoms with Gasteiger partial charge in [0.15, 0.2) is 0 Å². The number of hydrogen-bond acceptors (Lipinski definition) is 2. The zero-order chi connectivity index (χ0) is 13.1. The average molecular weight is 251 g/mol. The maximum absolute atomic E-state index is 9.08. The van der Waals surface area contributed by atoms with E-state index in [1.165, 1.54) is 11.1 Å². The quantitative estimate of drug-likeness (QED) is 0.635. The van der Waals surface area contributed by atoms with Crippen molar-refractivity contribution >= 4 is 5.71 Å². The van der Waals surface area contributed by atoms with Crippen molar-refractivity contribution in [1.29, 1.82) is 0 Å². The minimum absolute atomic E-state index is 0.0376. The van der Waals surface area contributed by atoms with Gasteiger partial charge in [0.1, 0.15) is 0 Å². The number of oxime groups is 1. The van der Waals surface area contributed by atoms with E-state index in [0.29, 0.717) is 0 Å². The highest BCUT2D eigenvalue weighted by Crippen LogP contribution is 2.45. The first-order valence-electron chi connectivity index (χ1n) is 6.66. The van der Waals surface area contributed by atoms with Gasteiger partial charge in [-0.2, -0.15) is 0 Å². The molecule has 0 amide bonds. The molecule has 1 N–H and O–H groups in total. The van der Waals surface area contributed by atoms with Crippen LogP contribution in [-0.2, 0) is 5.41 Å². The third-order valence-electron chi connectivity index (χ3n) is 4.14. The minimum atomic E-state index is -0.0376. The molecule has 0 unspecified atom stereocenters. The summed E-state index contributed by atoms with van der Waals surface area (Å²) in [5.41, 5.74) is 3.47. The zero-order valence-electron chi connectivity index (χ0n) is 10.8. The fourth-order valence-electron chi connectivity index (χ4n) is 3.14. The largest absolute Gasteiger partial charge is 0.411 e. The predicted octanol–water partition coefficient (Wildman–Crippen LogP) is 3.99. The van der Waals surface area contributed by atoms with E-state index in [2.05, 4.69) is 53.7 Å². The van der Waals surface area contributed by atoms with Crippen molar-refractivity contribution < 1.29 is 5.21 Å². The van der Waals surface area contributed by atoms with Crippen molar-refractivity contribution in [3.8, 4) is 0 Å². The summed E-state index contributed by atoms with van der Waals surface area (Å²) < 4.78 is 0. The van der Waals surface area contributed by atoms with Crippen molar-refractivity contribution in [2.45, 2.75) is 24.7 Å². The van der Waals surface area contributed by atoms with E-state index in [4.69, 9.17) is 5.21 Å². The third-order valence-corrected chi connectivity index (χ3v) is 4.14. The van der Waals surface area contributed by atoms with E-state index >= 15 is 0 Å². The van der Waals surface area contributed by atoms with Crippen molar-refractivity contribution in [3.63, 3.8) is 0 Å². The van der Waals surface area contributed by atoms with Gasteiger partial charge in [0.25, 0.3) is 0 Å². The Morgan fingerprint density at radius 2 is 1.37 bits per heavy atom. The normalized spacial score (nSPS) is 19.7. The average Bonchev–Trinajstić information content (AvgIpc) is 2.95. The van der Waals surface area contributed by atoms with Crippen LogP contribution < -0.4 is 0 Å². The maximum Gasteiger partial charge on any atom is 0.0583 e. The minimum Gasteiger partial charge on any atom is -0.411 e. The Labute approximate surface area is 113 Å². The summed E-state index contributed by atoms with van der Waals surface area (Å²) in [4.78, 5) is 0. The maximum atomic E-state index is 9.08. The first-order valence-corrected chi connectivity index (χ1v) is 6.66. The smallest absolute Gasteiger partial charge is 0.0583 e. The summed E-state index contributed by atoms with van der Waals surface area (Å²) in [6.45, 7) is 0. The van der Waals surface area contributed by atoms with Gasteiger partial charge < -0.3 is 5.21 Å². The summed E-state index contributed by atoms with van der Waals surface area (Å²) in [6.07, 6.45) is 2.66. The van der Waals surface area contributed by atoms with Crippen LogP contribution in [0, 0.1) is 0 Å². The Kier molecular flexibility index (Phi) is 3.08. The van der Waals surface area contributed by atoms with Crippen LogP contribution in [-0.4, -0.2) is 10.9 Å². The van der Waals surface area contributed by atoms with Gasteiger partial charge in [0.05, 0.1) is 5.71 Å². The van der Waals surface area contributed by atoms with E-state index in [-0.39, 0.29) is 5.41 Å². The second-order valence-electron chi connectivity index (χ2n) is 5.16. The second kappa shape index (κ2) is 4.88. The van der Waals surface area contributed by atoms with Gasteiger partial charge in [-0.1, -0.05) is 65.8 Å². The third kappa shape index (κ3) is 2.03. The molecule has 2 aromatic carbocycles. The molecule has 2 nitrogen and oxygen atoms in total. The van der Waals surface area contributed by atoms with E-state index < -0.39 is 0 Å². The van der Waals surface area contributed by atoms with Crippen LogP contribution in [0.5, 0.6) is 0 Å². The predicted molar refractivity (Wildman–Crippen MR) is 76.7 cm³/mol. The Morgan fingerprint density at radius 1 is 0.842 bits per heavy atom. The molecular formula is C17H17NO. The van der Waals surface area contributed by atoms with Gasteiger partial charge in [-0.15, -0.1) is 0 Å². The summed E-state index contributed by atoms with van der Waals surface area (Å²) in [6, 6.07) is 21.1. The molecule has 1 saturated carbocycles. The lowest BCUT2D eigenvalue weighted by Crippen LogP contribution is -2.24. The molecule has 1 aliphatic carbocycles. The molecule has 0 atom stereocenters. The summed E-state index contributed by atoms with van der Waals surface area (Å²) >= 11 is 0. The molecule has 2 aromatic rings. The van der Waals surface area contributed by atoms with Crippen LogP contribution in [0.4, 0.5) is 0 Å². The second-order valence-corrected chi connectivity index (χ2v) is 5.16. The van der Waals surface area contributed by atoms with Crippen LogP contribution in [0.15, 0.2) is 65.8 Å². The molecule has 0 spiro atoms. The summed E-state index contributed by atoms with van der Waals surface area (Å²) in [5, 5.41) is 12.5. The monoisotopic (exact) mass is 251 g/mol. The molecule has 2 heteroatoms. The van der Waals surface area contributed by atoms with Crippen molar-refractivity contribution in [1.82, 2.24) is 0 Å². The van der Waals surface area contributed by atoms with Gasteiger partial charge in [0.2, 0.25) is 0 Å². The molecule has 0 aliphatic heterocycles. The Morgan fingerprint density at radius 3 is 1.79 bits per heavy atom. The fourth-order valence-corrected chi connectivity index (χ4v) is 3.14. The van der Waals surface area contributed by atoms with Gasteiger partial charge in [-0.25, -0.2) is 0 Å². The lowest BCUT2D eigenvalue weighted by molar-refractivity contribution is 0.317. The van der Waals surface area contributed by atoms with Crippen molar-refractivity contribution in [2.75, 3.05) is 0 Å².